The highest BCUT2D eigenvalue weighted by atomic mass is 16.5. The predicted octanol–water partition coefficient (Wildman–Crippen LogP) is 4.40. The number of methoxy groups -OCH3 is 1. The molecular formula is C25H29N3O3. The lowest BCUT2D eigenvalue weighted by Crippen LogP contribution is -2.25. The lowest BCUT2D eigenvalue weighted by Gasteiger charge is -2.17. The third kappa shape index (κ3) is 4.64. The summed E-state index contributed by atoms with van der Waals surface area (Å²) in [5.74, 6) is 0.818. The van der Waals surface area contributed by atoms with Gasteiger partial charge in [0.15, 0.2) is 0 Å². The minimum Gasteiger partial charge on any atom is -0.497 e. The number of fused-ring (bicyclic) bond motifs is 3. The second-order valence-corrected chi connectivity index (χ2v) is 7.75. The number of carbonyl (C=O) groups excluding carboxylic acids is 1. The molecule has 0 aliphatic heterocycles. The first-order valence-corrected chi connectivity index (χ1v) is 10.9. The third-order valence-electron chi connectivity index (χ3n) is 5.61. The summed E-state index contributed by atoms with van der Waals surface area (Å²) in [7, 11) is 1.69. The van der Waals surface area contributed by atoms with Crippen LogP contribution >= 0.6 is 0 Å². The van der Waals surface area contributed by atoms with Gasteiger partial charge in [-0.2, -0.15) is 5.10 Å². The number of hydrogen-bond acceptors (Lipinski definition) is 4. The van der Waals surface area contributed by atoms with Crippen LogP contribution in [0.5, 0.6) is 5.75 Å². The van der Waals surface area contributed by atoms with Crippen LogP contribution in [0.15, 0.2) is 42.5 Å². The molecule has 2 N–H and O–H groups in total. The van der Waals surface area contributed by atoms with Crippen LogP contribution in [0.3, 0.4) is 0 Å². The summed E-state index contributed by atoms with van der Waals surface area (Å²) >= 11 is 0. The summed E-state index contributed by atoms with van der Waals surface area (Å²) in [6.45, 7) is 4.14. The number of ether oxygens (including phenoxy) is 2. The summed E-state index contributed by atoms with van der Waals surface area (Å²) in [6, 6.07) is 13.8. The summed E-state index contributed by atoms with van der Waals surface area (Å²) in [6.07, 6.45) is 3.70. The van der Waals surface area contributed by atoms with Gasteiger partial charge in [0.2, 0.25) is 0 Å². The van der Waals surface area contributed by atoms with Crippen LogP contribution < -0.4 is 10.1 Å². The molecule has 1 aromatic heterocycles. The molecule has 4 rings (SSSR count). The number of carbonyl (C=O) groups is 1. The van der Waals surface area contributed by atoms with Crippen LogP contribution in [0.25, 0.3) is 22.5 Å². The molecule has 0 saturated heterocycles. The fourth-order valence-electron chi connectivity index (χ4n) is 3.98. The minimum absolute atomic E-state index is 0.0611. The first-order valence-electron chi connectivity index (χ1n) is 10.9. The molecule has 0 fully saturated rings. The Kier molecular flexibility index (Phi) is 6.67. The SMILES string of the molecule is CCCOCCCNC(=O)c1ccc(-c2n[nH]c3c2CCc2cc(OC)ccc2-3)cc1. The smallest absolute Gasteiger partial charge is 0.251 e. The van der Waals surface area contributed by atoms with E-state index in [0.717, 1.165) is 55.0 Å². The van der Waals surface area contributed by atoms with E-state index in [-0.39, 0.29) is 5.91 Å². The molecule has 1 heterocycles. The Labute approximate surface area is 183 Å². The maximum absolute atomic E-state index is 12.4. The second kappa shape index (κ2) is 9.79. The average Bonchev–Trinajstić information content (AvgIpc) is 3.25. The van der Waals surface area contributed by atoms with E-state index in [1.165, 1.54) is 16.7 Å². The molecular weight excluding hydrogens is 390 g/mol. The molecule has 0 saturated carbocycles. The number of aromatic amines is 1. The summed E-state index contributed by atoms with van der Waals surface area (Å²) in [4.78, 5) is 12.4. The van der Waals surface area contributed by atoms with Crippen molar-refractivity contribution in [2.24, 2.45) is 0 Å². The van der Waals surface area contributed by atoms with Crippen molar-refractivity contribution >= 4 is 5.91 Å². The van der Waals surface area contributed by atoms with Crippen LogP contribution in [0.2, 0.25) is 0 Å². The topological polar surface area (TPSA) is 76.2 Å². The molecule has 1 aliphatic rings. The van der Waals surface area contributed by atoms with Crippen molar-refractivity contribution in [2.45, 2.75) is 32.6 Å². The van der Waals surface area contributed by atoms with E-state index in [4.69, 9.17) is 9.47 Å². The predicted molar refractivity (Wildman–Crippen MR) is 121 cm³/mol. The van der Waals surface area contributed by atoms with Crippen molar-refractivity contribution in [1.82, 2.24) is 15.5 Å². The largest absolute Gasteiger partial charge is 0.497 e. The third-order valence-corrected chi connectivity index (χ3v) is 5.61. The van der Waals surface area contributed by atoms with Crippen molar-refractivity contribution in [3.05, 3.63) is 59.2 Å². The second-order valence-electron chi connectivity index (χ2n) is 7.75. The number of hydrogen-bond donors (Lipinski definition) is 2. The van der Waals surface area contributed by atoms with Gasteiger partial charge in [0.1, 0.15) is 5.75 Å². The molecule has 6 nitrogen and oxygen atoms in total. The van der Waals surface area contributed by atoms with Crippen molar-refractivity contribution in [3.63, 3.8) is 0 Å². The molecule has 3 aromatic rings. The van der Waals surface area contributed by atoms with E-state index in [0.29, 0.717) is 18.7 Å². The Hall–Kier alpha value is -3.12. The Bertz CT molecular complexity index is 1040. The van der Waals surface area contributed by atoms with Gasteiger partial charge < -0.3 is 14.8 Å². The Balaban J connectivity index is 1.43. The van der Waals surface area contributed by atoms with E-state index in [1.807, 2.05) is 30.3 Å². The fourth-order valence-corrected chi connectivity index (χ4v) is 3.98. The van der Waals surface area contributed by atoms with E-state index in [2.05, 4.69) is 34.6 Å². The summed E-state index contributed by atoms with van der Waals surface area (Å²) < 4.78 is 10.8. The van der Waals surface area contributed by atoms with Crippen LogP contribution in [0.4, 0.5) is 0 Å². The highest BCUT2D eigenvalue weighted by Gasteiger charge is 2.23. The van der Waals surface area contributed by atoms with Crippen molar-refractivity contribution in [1.29, 1.82) is 0 Å². The van der Waals surface area contributed by atoms with Gasteiger partial charge in [-0.1, -0.05) is 19.1 Å². The van der Waals surface area contributed by atoms with E-state index >= 15 is 0 Å². The first kappa shape index (κ1) is 21.1. The van der Waals surface area contributed by atoms with Crippen LogP contribution in [0.1, 0.15) is 41.3 Å². The number of amides is 1. The number of nitrogens with zero attached hydrogens (tertiary/aromatic N) is 1. The zero-order valence-electron chi connectivity index (χ0n) is 18.2. The number of H-pyrrole nitrogens is 1. The summed E-state index contributed by atoms with van der Waals surface area (Å²) in [5.41, 5.74) is 7.37. The molecule has 0 atom stereocenters. The Morgan fingerprint density at radius 2 is 1.97 bits per heavy atom. The van der Waals surface area contributed by atoms with Crippen LogP contribution in [-0.4, -0.2) is 43.0 Å². The zero-order valence-corrected chi connectivity index (χ0v) is 18.2. The molecule has 0 unspecified atom stereocenters. The molecule has 2 aromatic carbocycles. The van der Waals surface area contributed by atoms with Crippen LogP contribution in [0, 0.1) is 0 Å². The molecule has 6 heteroatoms. The maximum Gasteiger partial charge on any atom is 0.251 e. The minimum atomic E-state index is -0.0611. The number of aryl methyl sites for hydroxylation is 1. The fraction of sp³-hybridized carbons (Fsp3) is 0.360. The highest BCUT2D eigenvalue weighted by Crippen LogP contribution is 2.38. The highest BCUT2D eigenvalue weighted by molar-refractivity contribution is 5.94. The standard InChI is InChI=1S/C25H29N3O3/c1-3-14-31-15-4-13-26-25(29)18-7-5-17(6-8-18)23-22-11-9-19-16-20(30-2)10-12-21(19)24(22)28-27-23/h5-8,10,12,16H,3-4,9,11,13-15H2,1-2H3,(H,26,29)(H,27,28). The average molecular weight is 420 g/mol. The zero-order chi connectivity index (χ0) is 21.6. The quantitative estimate of drug-likeness (QED) is 0.504. The molecule has 31 heavy (non-hydrogen) atoms. The maximum atomic E-state index is 12.4. The van der Waals surface area contributed by atoms with Gasteiger partial charge in [-0.15, -0.1) is 0 Å². The normalized spacial score (nSPS) is 12.2. The molecule has 0 bridgehead atoms. The monoisotopic (exact) mass is 419 g/mol. The van der Waals surface area contributed by atoms with E-state index < -0.39 is 0 Å². The van der Waals surface area contributed by atoms with E-state index in [1.54, 1.807) is 7.11 Å². The molecule has 0 spiro atoms. The van der Waals surface area contributed by atoms with Crippen molar-refractivity contribution < 1.29 is 14.3 Å². The van der Waals surface area contributed by atoms with Gasteiger partial charge in [-0.25, -0.2) is 0 Å². The Morgan fingerprint density at radius 3 is 2.74 bits per heavy atom. The van der Waals surface area contributed by atoms with Gasteiger partial charge in [0.05, 0.1) is 18.5 Å². The molecule has 1 amide bonds. The first-order chi connectivity index (χ1) is 15.2. The van der Waals surface area contributed by atoms with Gasteiger partial charge >= 0.3 is 0 Å². The summed E-state index contributed by atoms with van der Waals surface area (Å²) in [5, 5.41) is 10.8. The van der Waals surface area contributed by atoms with Gasteiger partial charge in [-0.05, 0) is 61.6 Å². The van der Waals surface area contributed by atoms with Crippen LogP contribution in [-0.2, 0) is 17.6 Å². The number of nitrogens with one attached hydrogen (secondary N) is 2. The lowest BCUT2D eigenvalue weighted by atomic mass is 9.87. The Morgan fingerprint density at radius 1 is 1.13 bits per heavy atom. The van der Waals surface area contributed by atoms with Crippen molar-refractivity contribution in [3.8, 4) is 28.3 Å². The number of benzene rings is 2. The molecule has 1 aliphatic carbocycles. The number of aromatic nitrogens is 2. The molecule has 162 valence electrons. The lowest BCUT2D eigenvalue weighted by molar-refractivity contribution is 0.0941. The molecule has 0 radical (unpaired) electrons. The van der Waals surface area contributed by atoms with Gasteiger partial charge in [0, 0.05) is 42.0 Å². The van der Waals surface area contributed by atoms with E-state index in [9.17, 15) is 4.79 Å². The van der Waals surface area contributed by atoms with Crippen molar-refractivity contribution in [2.75, 3.05) is 26.9 Å². The number of rotatable bonds is 9. The van der Waals surface area contributed by atoms with Gasteiger partial charge in [-0.3, -0.25) is 9.89 Å². The van der Waals surface area contributed by atoms with Gasteiger partial charge in [0.25, 0.3) is 5.91 Å².